The maximum absolute atomic E-state index is 10.1. The molecule has 0 fully saturated rings. The van der Waals surface area contributed by atoms with Gasteiger partial charge in [-0.15, -0.1) is 5.10 Å². The van der Waals surface area contributed by atoms with E-state index in [0.717, 1.165) is 0 Å². The van der Waals surface area contributed by atoms with E-state index in [9.17, 15) is 4.79 Å². The van der Waals surface area contributed by atoms with Crippen molar-refractivity contribution >= 4 is 12.3 Å². The number of hydrogen-bond donors (Lipinski definition) is 1. The molecule has 0 aliphatic carbocycles. The second kappa shape index (κ2) is 3.14. The Morgan fingerprint density at radius 1 is 1.55 bits per heavy atom. The molecule has 1 aromatic rings. The van der Waals surface area contributed by atoms with Gasteiger partial charge in [-0.1, -0.05) is 5.10 Å². The number of rotatable bonds is 3. The summed E-state index contributed by atoms with van der Waals surface area (Å²) in [6.45, 7) is 3.87. The van der Waals surface area contributed by atoms with Crippen molar-refractivity contribution in [2.24, 2.45) is 0 Å². The SMILES string of the molecule is CC(C)Nc1nnc(C=O)o1. The first kappa shape index (κ1) is 7.71. The average molecular weight is 155 g/mol. The lowest BCUT2D eigenvalue weighted by molar-refractivity contribution is 0.109. The van der Waals surface area contributed by atoms with Crippen LogP contribution >= 0.6 is 0 Å². The van der Waals surface area contributed by atoms with Crippen LogP contribution in [-0.4, -0.2) is 22.5 Å². The third kappa shape index (κ3) is 2.03. The Morgan fingerprint density at radius 2 is 2.27 bits per heavy atom. The van der Waals surface area contributed by atoms with Gasteiger partial charge in [-0.05, 0) is 13.8 Å². The van der Waals surface area contributed by atoms with Crippen LogP contribution in [0.3, 0.4) is 0 Å². The zero-order chi connectivity index (χ0) is 8.27. The summed E-state index contributed by atoms with van der Waals surface area (Å²) in [5.41, 5.74) is 0. The second-order valence-corrected chi connectivity index (χ2v) is 2.36. The molecule has 0 spiro atoms. The largest absolute Gasteiger partial charge is 0.401 e. The van der Waals surface area contributed by atoms with Crippen LogP contribution in [0.2, 0.25) is 0 Å². The monoisotopic (exact) mass is 155 g/mol. The maximum Gasteiger partial charge on any atom is 0.316 e. The van der Waals surface area contributed by atoms with E-state index in [1.807, 2.05) is 13.8 Å². The van der Waals surface area contributed by atoms with E-state index >= 15 is 0 Å². The lowest BCUT2D eigenvalue weighted by atomic mass is 10.4. The molecule has 1 aromatic heterocycles. The lowest BCUT2D eigenvalue weighted by Gasteiger charge is -2.01. The zero-order valence-corrected chi connectivity index (χ0v) is 6.37. The third-order valence-corrected chi connectivity index (χ3v) is 0.954. The highest BCUT2D eigenvalue weighted by atomic mass is 16.4. The zero-order valence-electron chi connectivity index (χ0n) is 6.37. The van der Waals surface area contributed by atoms with Gasteiger partial charge in [-0.25, -0.2) is 0 Å². The molecule has 0 unspecified atom stereocenters. The molecule has 0 amide bonds. The van der Waals surface area contributed by atoms with E-state index in [4.69, 9.17) is 4.42 Å². The summed E-state index contributed by atoms with van der Waals surface area (Å²) in [5, 5.41) is 9.87. The molecule has 0 radical (unpaired) electrons. The number of aromatic nitrogens is 2. The summed E-state index contributed by atoms with van der Waals surface area (Å²) in [7, 11) is 0. The second-order valence-electron chi connectivity index (χ2n) is 2.36. The molecular weight excluding hydrogens is 146 g/mol. The lowest BCUT2D eigenvalue weighted by Crippen LogP contribution is -2.09. The minimum Gasteiger partial charge on any atom is -0.401 e. The van der Waals surface area contributed by atoms with Crippen LogP contribution in [0.1, 0.15) is 24.5 Å². The van der Waals surface area contributed by atoms with E-state index in [1.165, 1.54) is 0 Å². The van der Waals surface area contributed by atoms with E-state index in [2.05, 4.69) is 15.5 Å². The van der Waals surface area contributed by atoms with Crippen molar-refractivity contribution in [3.05, 3.63) is 5.89 Å². The molecule has 1 heterocycles. The van der Waals surface area contributed by atoms with Crippen LogP contribution in [0, 0.1) is 0 Å². The number of carbonyl (C=O) groups is 1. The van der Waals surface area contributed by atoms with Gasteiger partial charge in [0.25, 0.3) is 5.89 Å². The van der Waals surface area contributed by atoms with E-state index in [-0.39, 0.29) is 17.9 Å². The normalized spacial score (nSPS) is 10.1. The van der Waals surface area contributed by atoms with Crippen molar-refractivity contribution in [2.75, 3.05) is 5.32 Å². The molecule has 0 saturated heterocycles. The van der Waals surface area contributed by atoms with E-state index in [0.29, 0.717) is 6.29 Å². The van der Waals surface area contributed by atoms with Gasteiger partial charge in [-0.2, -0.15) is 0 Å². The van der Waals surface area contributed by atoms with Crippen molar-refractivity contribution in [1.82, 2.24) is 10.2 Å². The van der Waals surface area contributed by atoms with Gasteiger partial charge in [0.1, 0.15) is 0 Å². The molecule has 60 valence electrons. The van der Waals surface area contributed by atoms with Crippen LogP contribution in [0.4, 0.5) is 6.01 Å². The molecule has 0 saturated carbocycles. The topological polar surface area (TPSA) is 68.0 Å². The fourth-order valence-corrected chi connectivity index (χ4v) is 0.587. The predicted octanol–water partition coefficient (Wildman–Crippen LogP) is 0.702. The highest BCUT2D eigenvalue weighted by Gasteiger charge is 2.04. The molecule has 0 bridgehead atoms. The summed E-state index contributed by atoms with van der Waals surface area (Å²) in [6.07, 6.45) is 0.512. The summed E-state index contributed by atoms with van der Waals surface area (Å²) < 4.78 is 4.84. The molecule has 0 aliphatic rings. The standard InChI is InChI=1S/C6H9N3O2/c1-4(2)7-6-9-8-5(3-10)11-6/h3-4H,1-2H3,(H,7,9). The first-order valence-electron chi connectivity index (χ1n) is 3.27. The molecule has 11 heavy (non-hydrogen) atoms. The molecule has 5 nitrogen and oxygen atoms in total. The van der Waals surface area contributed by atoms with Crippen LogP contribution < -0.4 is 5.32 Å². The van der Waals surface area contributed by atoms with Crippen molar-refractivity contribution in [3.8, 4) is 0 Å². The first-order valence-corrected chi connectivity index (χ1v) is 3.27. The molecule has 1 N–H and O–H groups in total. The molecular formula is C6H9N3O2. The Morgan fingerprint density at radius 3 is 2.73 bits per heavy atom. The maximum atomic E-state index is 10.1. The first-order chi connectivity index (χ1) is 5.22. The quantitative estimate of drug-likeness (QED) is 0.651. The highest BCUT2D eigenvalue weighted by molar-refractivity contribution is 5.67. The van der Waals surface area contributed by atoms with Gasteiger partial charge < -0.3 is 9.73 Å². The van der Waals surface area contributed by atoms with Gasteiger partial charge in [-0.3, -0.25) is 4.79 Å². The summed E-state index contributed by atoms with van der Waals surface area (Å²) >= 11 is 0. The number of nitrogens with one attached hydrogen (secondary N) is 1. The van der Waals surface area contributed by atoms with Gasteiger partial charge in [0.2, 0.25) is 6.29 Å². The van der Waals surface area contributed by atoms with Gasteiger partial charge in [0, 0.05) is 6.04 Å². The minimum absolute atomic E-state index is 0.00634. The van der Waals surface area contributed by atoms with Crippen molar-refractivity contribution in [2.45, 2.75) is 19.9 Å². The summed E-state index contributed by atoms with van der Waals surface area (Å²) in [5.74, 6) is -0.00634. The minimum atomic E-state index is -0.00634. The summed E-state index contributed by atoms with van der Waals surface area (Å²) in [6, 6.07) is 0.497. The smallest absolute Gasteiger partial charge is 0.316 e. The predicted molar refractivity (Wildman–Crippen MR) is 38.4 cm³/mol. The average Bonchev–Trinajstić information content (AvgIpc) is 2.34. The Balaban J connectivity index is 2.65. The summed E-state index contributed by atoms with van der Waals surface area (Å²) in [4.78, 5) is 10.1. The molecule has 0 aromatic carbocycles. The van der Waals surface area contributed by atoms with Crippen molar-refractivity contribution in [1.29, 1.82) is 0 Å². The Hall–Kier alpha value is -1.39. The fourth-order valence-electron chi connectivity index (χ4n) is 0.587. The number of nitrogens with zero attached hydrogens (tertiary/aromatic N) is 2. The molecule has 0 aliphatic heterocycles. The Kier molecular flexibility index (Phi) is 2.20. The van der Waals surface area contributed by atoms with Crippen molar-refractivity contribution in [3.63, 3.8) is 0 Å². The molecule has 1 rings (SSSR count). The van der Waals surface area contributed by atoms with Gasteiger partial charge in [0.15, 0.2) is 0 Å². The molecule has 5 heteroatoms. The van der Waals surface area contributed by atoms with Crippen LogP contribution in [0.5, 0.6) is 0 Å². The van der Waals surface area contributed by atoms with E-state index in [1.54, 1.807) is 0 Å². The van der Waals surface area contributed by atoms with Crippen LogP contribution in [-0.2, 0) is 0 Å². The van der Waals surface area contributed by atoms with Crippen LogP contribution in [0.15, 0.2) is 4.42 Å². The molecule has 0 atom stereocenters. The van der Waals surface area contributed by atoms with E-state index < -0.39 is 0 Å². The third-order valence-electron chi connectivity index (χ3n) is 0.954. The number of hydrogen-bond acceptors (Lipinski definition) is 5. The highest BCUT2D eigenvalue weighted by Crippen LogP contribution is 2.04. The fraction of sp³-hybridized carbons (Fsp3) is 0.500. The Labute approximate surface area is 63.8 Å². The van der Waals surface area contributed by atoms with Gasteiger partial charge >= 0.3 is 6.01 Å². The number of anilines is 1. The number of aldehydes is 1. The van der Waals surface area contributed by atoms with Gasteiger partial charge in [0.05, 0.1) is 0 Å². The Bertz CT molecular complexity index is 244. The number of carbonyl (C=O) groups excluding carboxylic acids is 1. The van der Waals surface area contributed by atoms with Crippen molar-refractivity contribution < 1.29 is 9.21 Å². The van der Waals surface area contributed by atoms with Crippen LogP contribution in [0.25, 0.3) is 0 Å².